The zero-order valence-corrected chi connectivity index (χ0v) is 12.5. The van der Waals surface area contributed by atoms with E-state index >= 15 is 0 Å². The molecule has 21 heavy (non-hydrogen) atoms. The predicted octanol–water partition coefficient (Wildman–Crippen LogP) is 1.78. The van der Waals surface area contributed by atoms with E-state index in [0.717, 1.165) is 6.29 Å². The lowest BCUT2D eigenvalue weighted by Crippen LogP contribution is -2.25. The number of nitrogens with zero attached hydrogens (tertiary/aromatic N) is 3. The van der Waals surface area contributed by atoms with Crippen LogP contribution in [0, 0.1) is 6.92 Å². The minimum atomic E-state index is -0.182. The van der Waals surface area contributed by atoms with Crippen LogP contribution in [0.15, 0.2) is 23.1 Å². The highest BCUT2D eigenvalue weighted by atomic mass is 16.1. The molecule has 0 saturated heterocycles. The second kappa shape index (κ2) is 5.87. The summed E-state index contributed by atoms with van der Waals surface area (Å²) >= 11 is 0. The van der Waals surface area contributed by atoms with Gasteiger partial charge in [0, 0.05) is 30.5 Å². The molecule has 0 aliphatic heterocycles. The molecule has 0 aromatic carbocycles. The number of aldehydes is 1. The first-order valence-electron chi connectivity index (χ1n) is 6.69. The van der Waals surface area contributed by atoms with Crippen LogP contribution in [0.1, 0.15) is 29.9 Å². The van der Waals surface area contributed by atoms with Crippen molar-refractivity contribution in [1.82, 2.24) is 14.5 Å². The summed E-state index contributed by atoms with van der Waals surface area (Å²) in [4.78, 5) is 31.8. The maximum absolute atomic E-state index is 12.4. The van der Waals surface area contributed by atoms with Gasteiger partial charge in [0.25, 0.3) is 5.56 Å². The fourth-order valence-electron chi connectivity index (χ4n) is 1.96. The summed E-state index contributed by atoms with van der Waals surface area (Å²) in [6.45, 7) is 5.69. The van der Waals surface area contributed by atoms with Gasteiger partial charge in [-0.3, -0.25) is 19.1 Å². The average molecular weight is 286 g/mol. The minimum absolute atomic E-state index is 0.182. The molecule has 6 nitrogen and oxygen atoms in total. The Balaban J connectivity index is 2.51. The molecule has 0 aliphatic carbocycles. The van der Waals surface area contributed by atoms with Crippen LogP contribution in [0.25, 0.3) is 11.3 Å². The van der Waals surface area contributed by atoms with E-state index in [1.807, 2.05) is 13.8 Å². The Morgan fingerprint density at radius 1 is 1.33 bits per heavy atom. The molecule has 0 fully saturated rings. The maximum Gasteiger partial charge on any atom is 0.264 e. The smallest absolute Gasteiger partial charge is 0.264 e. The largest absolute Gasteiger partial charge is 0.353 e. The van der Waals surface area contributed by atoms with Crippen molar-refractivity contribution in [2.45, 2.75) is 26.8 Å². The fourth-order valence-corrected chi connectivity index (χ4v) is 1.96. The van der Waals surface area contributed by atoms with Gasteiger partial charge in [-0.2, -0.15) is 0 Å². The maximum atomic E-state index is 12.4. The van der Waals surface area contributed by atoms with Gasteiger partial charge in [-0.25, -0.2) is 4.98 Å². The van der Waals surface area contributed by atoms with E-state index in [2.05, 4.69) is 15.3 Å². The third-order valence-electron chi connectivity index (χ3n) is 3.12. The van der Waals surface area contributed by atoms with Crippen molar-refractivity contribution in [3.05, 3.63) is 39.9 Å². The molecule has 2 aromatic rings. The zero-order chi connectivity index (χ0) is 15.6. The van der Waals surface area contributed by atoms with Crippen LogP contribution in [0.3, 0.4) is 0 Å². The molecule has 2 heterocycles. The number of nitrogens with one attached hydrogen (secondary N) is 1. The third kappa shape index (κ3) is 2.99. The van der Waals surface area contributed by atoms with E-state index in [4.69, 9.17) is 0 Å². The lowest BCUT2D eigenvalue weighted by atomic mass is 10.1. The molecule has 0 atom stereocenters. The van der Waals surface area contributed by atoms with Crippen LogP contribution in [0.4, 0.5) is 5.95 Å². The highest BCUT2D eigenvalue weighted by Gasteiger charge is 2.12. The monoisotopic (exact) mass is 286 g/mol. The van der Waals surface area contributed by atoms with E-state index in [1.165, 1.54) is 10.8 Å². The van der Waals surface area contributed by atoms with Gasteiger partial charge in [-0.1, -0.05) is 0 Å². The van der Waals surface area contributed by atoms with Gasteiger partial charge in [0.1, 0.15) is 0 Å². The van der Waals surface area contributed by atoms with E-state index in [-0.39, 0.29) is 11.6 Å². The molecule has 0 radical (unpaired) electrons. The molecule has 0 spiro atoms. The highest BCUT2D eigenvalue weighted by molar-refractivity contribution is 5.77. The van der Waals surface area contributed by atoms with Crippen LogP contribution in [-0.2, 0) is 7.05 Å². The van der Waals surface area contributed by atoms with Crippen molar-refractivity contribution in [2.24, 2.45) is 7.05 Å². The molecule has 1 N–H and O–H groups in total. The molecule has 0 aliphatic rings. The second-order valence-electron chi connectivity index (χ2n) is 5.15. The Morgan fingerprint density at radius 3 is 2.62 bits per heavy atom. The molecule has 0 amide bonds. The van der Waals surface area contributed by atoms with Crippen molar-refractivity contribution in [3.63, 3.8) is 0 Å². The van der Waals surface area contributed by atoms with E-state index < -0.39 is 0 Å². The Kier molecular flexibility index (Phi) is 4.16. The number of hydrogen-bond donors (Lipinski definition) is 1. The normalized spacial score (nSPS) is 10.7. The van der Waals surface area contributed by atoms with Crippen molar-refractivity contribution in [3.8, 4) is 11.3 Å². The number of aromatic nitrogens is 3. The summed E-state index contributed by atoms with van der Waals surface area (Å²) in [5, 5.41) is 3.11. The molecule has 2 aromatic heterocycles. The van der Waals surface area contributed by atoms with Gasteiger partial charge in [-0.15, -0.1) is 0 Å². The molecule has 0 unspecified atom stereocenters. The Morgan fingerprint density at radius 2 is 2.05 bits per heavy atom. The number of anilines is 1. The lowest BCUT2D eigenvalue weighted by molar-refractivity contribution is 0.112. The van der Waals surface area contributed by atoms with E-state index in [9.17, 15) is 9.59 Å². The van der Waals surface area contributed by atoms with Gasteiger partial charge in [0.05, 0.1) is 11.3 Å². The van der Waals surface area contributed by atoms with Gasteiger partial charge < -0.3 is 5.32 Å². The second-order valence-corrected chi connectivity index (χ2v) is 5.15. The molecular weight excluding hydrogens is 268 g/mol. The zero-order valence-electron chi connectivity index (χ0n) is 12.5. The SMILES string of the molecule is Cc1nc(-c2cnc(NC(C)C)n(C)c2=O)ccc1C=O. The van der Waals surface area contributed by atoms with Crippen LogP contribution < -0.4 is 10.9 Å². The lowest BCUT2D eigenvalue weighted by Gasteiger charge is -2.13. The standard InChI is InChI=1S/C15H18N4O2/c1-9(2)17-15-16-7-12(14(21)19(15)4)13-6-5-11(8-20)10(3)18-13/h5-9H,1-4H3,(H,16,17). The first kappa shape index (κ1) is 14.9. The Hall–Kier alpha value is -2.50. The molecule has 0 bridgehead atoms. The summed E-state index contributed by atoms with van der Waals surface area (Å²) in [6.07, 6.45) is 2.26. The molecule has 0 saturated carbocycles. The average Bonchev–Trinajstić information content (AvgIpc) is 2.43. The highest BCUT2D eigenvalue weighted by Crippen LogP contribution is 2.15. The van der Waals surface area contributed by atoms with Crippen molar-refractivity contribution >= 4 is 12.2 Å². The first-order chi connectivity index (χ1) is 9.93. The summed E-state index contributed by atoms with van der Waals surface area (Å²) in [6, 6.07) is 3.50. The van der Waals surface area contributed by atoms with E-state index in [0.29, 0.717) is 28.5 Å². The first-order valence-corrected chi connectivity index (χ1v) is 6.69. The molecule has 110 valence electrons. The predicted molar refractivity (Wildman–Crippen MR) is 81.6 cm³/mol. The summed E-state index contributed by atoms with van der Waals surface area (Å²) < 4.78 is 1.46. The minimum Gasteiger partial charge on any atom is -0.353 e. The Bertz CT molecular complexity index is 735. The topological polar surface area (TPSA) is 76.9 Å². The summed E-state index contributed by atoms with van der Waals surface area (Å²) in [5.41, 5.74) is 1.85. The van der Waals surface area contributed by atoms with Gasteiger partial charge in [0.15, 0.2) is 6.29 Å². The quantitative estimate of drug-likeness (QED) is 0.867. The number of hydrogen-bond acceptors (Lipinski definition) is 5. The number of carbonyl (C=O) groups is 1. The molecule has 6 heteroatoms. The van der Waals surface area contributed by atoms with Crippen molar-refractivity contribution < 1.29 is 4.79 Å². The van der Waals surface area contributed by atoms with Gasteiger partial charge in [0.2, 0.25) is 5.95 Å². The number of carbonyl (C=O) groups excluding carboxylic acids is 1. The third-order valence-corrected chi connectivity index (χ3v) is 3.12. The van der Waals surface area contributed by atoms with Crippen molar-refractivity contribution in [2.75, 3.05) is 5.32 Å². The van der Waals surface area contributed by atoms with Gasteiger partial charge >= 0.3 is 0 Å². The fraction of sp³-hybridized carbons (Fsp3) is 0.333. The van der Waals surface area contributed by atoms with Crippen LogP contribution in [0.5, 0.6) is 0 Å². The number of pyridine rings is 1. The van der Waals surface area contributed by atoms with Gasteiger partial charge in [-0.05, 0) is 32.9 Å². The number of aryl methyl sites for hydroxylation is 1. The summed E-state index contributed by atoms with van der Waals surface area (Å²) in [7, 11) is 1.66. The van der Waals surface area contributed by atoms with Crippen LogP contribution >= 0.6 is 0 Å². The van der Waals surface area contributed by atoms with Crippen LogP contribution in [0.2, 0.25) is 0 Å². The Labute approximate surface area is 122 Å². The van der Waals surface area contributed by atoms with Crippen molar-refractivity contribution in [1.29, 1.82) is 0 Å². The summed E-state index contributed by atoms with van der Waals surface area (Å²) in [5.74, 6) is 0.514. The number of rotatable bonds is 4. The molecular formula is C15H18N4O2. The van der Waals surface area contributed by atoms with Crippen LogP contribution in [-0.4, -0.2) is 26.9 Å². The van der Waals surface area contributed by atoms with E-state index in [1.54, 1.807) is 26.1 Å². The molecule has 2 rings (SSSR count).